The molecule has 0 fully saturated rings. The van der Waals surface area contributed by atoms with E-state index in [9.17, 15) is 17.3 Å². The molecular weight excluding hydrogens is 847 g/mol. The number of aromatic nitrogens is 1. The van der Waals surface area contributed by atoms with Crippen LogP contribution in [0.15, 0.2) is 237 Å². The molecule has 0 saturated heterocycles. The van der Waals surface area contributed by atoms with E-state index in [1.54, 1.807) is 11.3 Å². The minimum absolute atomic E-state index is 0. The Morgan fingerprint density at radius 2 is 0.661 bits per heavy atom. The van der Waals surface area contributed by atoms with E-state index in [0.29, 0.717) is 0 Å². The van der Waals surface area contributed by atoms with Gasteiger partial charge >= 0.3 is 24.3 Å². The summed E-state index contributed by atoms with van der Waals surface area (Å²) in [6.07, 6.45) is 1.83. The van der Waals surface area contributed by atoms with E-state index >= 15 is 0 Å². The van der Waals surface area contributed by atoms with Crippen LogP contribution < -0.4 is 31.8 Å². The van der Waals surface area contributed by atoms with Gasteiger partial charge in [0, 0.05) is 10.9 Å². The summed E-state index contributed by atoms with van der Waals surface area (Å²) in [6.45, 7) is 0. The summed E-state index contributed by atoms with van der Waals surface area (Å²) in [5.74, 6) is 0. The van der Waals surface area contributed by atoms with Crippen LogP contribution in [0.3, 0.4) is 0 Å². The molecule has 0 amide bonds. The number of rotatable bonds is 7. The number of fused-ring (bicyclic) bond motifs is 1. The van der Waals surface area contributed by atoms with Crippen molar-refractivity contribution in [2.75, 3.05) is 0 Å². The van der Waals surface area contributed by atoms with Crippen LogP contribution in [0.25, 0.3) is 20.7 Å². The van der Waals surface area contributed by atoms with Crippen molar-refractivity contribution in [3.8, 4) is 10.6 Å². The Labute approximate surface area is 361 Å². The van der Waals surface area contributed by atoms with Gasteiger partial charge in [-0.25, -0.2) is 0 Å². The van der Waals surface area contributed by atoms with Gasteiger partial charge in [0.15, 0.2) is 0 Å². The first-order valence-corrected chi connectivity index (χ1v) is 22.5. The van der Waals surface area contributed by atoms with Gasteiger partial charge in [0.25, 0.3) is 0 Å². The molecule has 0 radical (unpaired) electrons. The maximum atomic E-state index is 9.75. The van der Waals surface area contributed by atoms with Crippen LogP contribution in [0, 0.1) is 0 Å². The fourth-order valence-corrected chi connectivity index (χ4v) is 12.4. The van der Waals surface area contributed by atoms with Gasteiger partial charge in [0.2, 0.25) is 0 Å². The molecular formula is C49H41BCuF4NP2S+2. The molecule has 2 aromatic heterocycles. The topological polar surface area (TPSA) is 12.9 Å². The largest absolute Gasteiger partial charge is 1.00 e. The molecule has 10 heteroatoms. The second-order valence-corrected chi connectivity index (χ2v) is 18.9. The second kappa shape index (κ2) is 23.4. The van der Waals surface area contributed by atoms with Gasteiger partial charge in [-0.15, -0.1) is 11.3 Å². The fourth-order valence-electron chi connectivity index (χ4n) is 6.25. The van der Waals surface area contributed by atoms with E-state index in [0.717, 1.165) is 5.69 Å². The Balaban J connectivity index is 0.000000159. The fraction of sp³-hybridized carbons (Fsp3) is 0. The summed E-state index contributed by atoms with van der Waals surface area (Å²) >= 11 is 1.79. The van der Waals surface area contributed by atoms with Crippen LogP contribution >= 0.6 is 27.2 Å². The van der Waals surface area contributed by atoms with Gasteiger partial charge in [-0.1, -0.05) is 133 Å². The molecule has 1 nitrogen and oxygen atoms in total. The maximum absolute atomic E-state index is 9.75. The SMILES string of the molecule is F[B-](F)(F)F.[Cu+].c1ccc(-c2cc3ccccc3s2)nc1.c1ccc([PH+](c2ccccc2)c2ccccc2)cc1.c1ccc([PH+](c2ccccc2)c2ccccc2)cc1. The number of halogens is 4. The number of thiophene rings is 1. The first-order chi connectivity index (χ1) is 28.3. The van der Waals surface area contributed by atoms with Crippen LogP contribution in [0.5, 0.6) is 0 Å². The van der Waals surface area contributed by atoms with E-state index in [1.165, 1.54) is 46.8 Å². The zero-order valence-electron chi connectivity index (χ0n) is 31.8. The van der Waals surface area contributed by atoms with Crippen molar-refractivity contribution in [1.29, 1.82) is 0 Å². The summed E-state index contributed by atoms with van der Waals surface area (Å²) in [7, 11) is -7.75. The molecule has 9 aromatic rings. The summed E-state index contributed by atoms with van der Waals surface area (Å²) in [5, 5.41) is 9.91. The molecule has 9 rings (SSSR count). The molecule has 298 valence electrons. The van der Waals surface area contributed by atoms with Crippen LogP contribution in [-0.4, -0.2) is 12.2 Å². The van der Waals surface area contributed by atoms with Crippen LogP contribution in [0.2, 0.25) is 0 Å². The van der Waals surface area contributed by atoms with Gasteiger partial charge in [-0.05, 0) is 102 Å². The predicted octanol–water partition coefficient (Wildman–Crippen LogP) is 11.6. The number of hydrogen-bond acceptors (Lipinski definition) is 2. The quantitative estimate of drug-likeness (QED) is 0.0883. The van der Waals surface area contributed by atoms with Crippen molar-refractivity contribution < 1.29 is 34.3 Å². The molecule has 0 unspecified atom stereocenters. The molecule has 0 N–H and O–H groups in total. The molecule has 0 saturated carbocycles. The van der Waals surface area contributed by atoms with E-state index in [2.05, 4.69) is 217 Å². The first kappa shape index (κ1) is 44.9. The van der Waals surface area contributed by atoms with Crippen LogP contribution in [0.4, 0.5) is 17.3 Å². The summed E-state index contributed by atoms with van der Waals surface area (Å²) in [6, 6.07) is 81.6. The Kier molecular flexibility index (Phi) is 17.8. The first-order valence-electron chi connectivity index (χ1n) is 18.7. The predicted molar refractivity (Wildman–Crippen MR) is 248 cm³/mol. The monoisotopic (exact) mass is 887 g/mol. The number of benzene rings is 7. The number of nitrogens with zero attached hydrogens (tertiary/aromatic N) is 1. The van der Waals surface area contributed by atoms with Gasteiger partial charge in [-0.3, -0.25) is 4.98 Å². The molecule has 0 spiro atoms. The summed E-state index contributed by atoms with van der Waals surface area (Å²) in [4.78, 5) is 5.59. The average Bonchev–Trinajstić information content (AvgIpc) is 3.71. The molecule has 0 atom stereocenters. The maximum Gasteiger partial charge on any atom is 1.00 e. The molecule has 0 aliphatic heterocycles. The molecule has 59 heavy (non-hydrogen) atoms. The minimum atomic E-state index is -6.00. The Bertz CT molecular complexity index is 2160. The third kappa shape index (κ3) is 14.3. The molecule has 0 aliphatic carbocycles. The average molecular weight is 888 g/mol. The zero-order chi connectivity index (χ0) is 40.4. The van der Waals surface area contributed by atoms with Crippen molar-refractivity contribution in [2.45, 2.75) is 0 Å². The van der Waals surface area contributed by atoms with Crippen molar-refractivity contribution in [2.24, 2.45) is 0 Å². The van der Waals surface area contributed by atoms with Crippen molar-refractivity contribution in [3.63, 3.8) is 0 Å². The van der Waals surface area contributed by atoms with Crippen molar-refractivity contribution in [1.82, 2.24) is 4.98 Å². The van der Waals surface area contributed by atoms with E-state index in [1.807, 2.05) is 24.4 Å². The summed E-state index contributed by atoms with van der Waals surface area (Å²) < 4.78 is 40.3. The zero-order valence-corrected chi connectivity index (χ0v) is 35.5. The second-order valence-electron chi connectivity index (χ2n) is 12.8. The number of hydrogen-bond donors (Lipinski definition) is 0. The molecule has 0 bridgehead atoms. The summed E-state index contributed by atoms with van der Waals surface area (Å²) in [5.41, 5.74) is 1.05. The van der Waals surface area contributed by atoms with E-state index < -0.39 is 23.1 Å². The van der Waals surface area contributed by atoms with Gasteiger partial charge < -0.3 is 17.3 Å². The third-order valence-electron chi connectivity index (χ3n) is 8.72. The smallest absolute Gasteiger partial charge is 0.418 e. The minimum Gasteiger partial charge on any atom is -0.418 e. The van der Waals surface area contributed by atoms with Crippen molar-refractivity contribution in [3.05, 3.63) is 237 Å². The van der Waals surface area contributed by atoms with Gasteiger partial charge in [0.1, 0.15) is 31.8 Å². The van der Waals surface area contributed by atoms with Crippen molar-refractivity contribution >= 4 is 76.3 Å². The molecule has 0 aliphatic rings. The number of pyridine rings is 1. The Hall–Kier alpha value is -5.19. The normalized spacial score (nSPS) is 10.5. The van der Waals surface area contributed by atoms with E-state index in [4.69, 9.17) is 0 Å². The molecule has 7 aromatic carbocycles. The van der Waals surface area contributed by atoms with Gasteiger partial charge in [-0.2, -0.15) is 0 Å². The molecule has 2 heterocycles. The standard InChI is InChI=1S/2C18H15P.C13H9NS.BF4.Cu/c2*1-4-10-16(11-5-1)19(17-12-6-2-7-13-17)18-14-8-3-9-15-18;1-2-7-12-10(5-1)9-13(15-12)11-6-3-4-8-14-11;2-1(3,4)5;/h2*1-15H;1-9H;;/q;;;-1;+1/p+2. The van der Waals surface area contributed by atoms with E-state index in [-0.39, 0.29) is 17.1 Å². The van der Waals surface area contributed by atoms with Crippen LogP contribution in [0.1, 0.15) is 0 Å². The van der Waals surface area contributed by atoms with Crippen LogP contribution in [-0.2, 0) is 17.1 Å². The Morgan fingerprint density at radius 3 is 0.949 bits per heavy atom. The third-order valence-corrected chi connectivity index (χ3v) is 15.3. The Morgan fingerprint density at radius 1 is 0.373 bits per heavy atom. The van der Waals surface area contributed by atoms with Gasteiger partial charge in [0.05, 0.1) is 26.4 Å².